The normalized spacial score (nSPS) is 6.00. The van der Waals surface area contributed by atoms with Gasteiger partial charge in [0.25, 0.3) is 0 Å². The minimum Gasteiger partial charge on any atom is -0.412 e. The average Bonchev–Trinajstić information content (AvgIpc) is 1.37. The fourth-order valence-electron chi connectivity index (χ4n) is 0. The predicted molar refractivity (Wildman–Crippen MR) is 18.0 cm³/mol. The van der Waals surface area contributed by atoms with Crippen molar-refractivity contribution in [1.82, 2.24) is 5.43 Å². The summed E-state index contributed by atoms with van der Waals surface area (Å²) in [5, 5.41) is 7.64. The lowest BCUT2D eigenvalue weighted by atomic mass is 11.4. The zero-order valence-corrected chi connectivity index (χ0v) is 2.73. The third-order valence-corrected chi connectivity index (χ3v) is 0.0913. The Morgan fingerprint density at radius 1 is 1.80 bits per heavy atom. The quantitative estimate of drug-likeness (QED) is 0.186. The molecular weight excluding hydrogens is 72.0 g/mol. The Morgan fingerprint density at radius 3 is 2.00 bits per heavy atom. The summed E-state index contributed by atoms with van der Waals surface area (Å²) in [5.41, 5.74) is 1.99. The van der Waals surface area contributed by atoms with Crippen molar-refractivity contribution in [2.75, 3.05) is 6.73 Å². The molecule has 34 valence electrons. The highest BCUT2D eigenvalue weighted by atomic mass is 16.3. The summed E-state index contributed by atoms with van der Waals surface area (Å²) >= 11 is 0. The van der Waals surface area contributed by atoms with Gasteiger partial charge in [0.1, 0.15) is 6.73 Å². The van der Waals surface area contributed by atoms with Gasteiger partial charge in [-0.05, 0) is 0 Å². The van der Waals surface area contributed by atoms with Gasteiger partial charge in [0.05, 0.1) is 0 Å². The van der Waals surface area contributed by atoms with Gasteiger partial charge in [0.2, 0.25) is 0 Å². The molecule has 6 N–H and O–H groups in total. The minimum atomic E-state index is -0.153. The molecule has 0 heterocycles. The number of hydrogen-bond acceptors (Lipinski definition) is 3. The lowest BCUT2D eigenvalue weighted by molar-refractivity contribution is 0.263. The van der Waals surface area contributed by atoms with Crippen LogP contribution in [-0.4, -0.2) is 17.3 Å². The van der Waals surface area contributed by atoms with E-state index in [2.05, 4.69) is 5.84 Å². The van der Waals surface area contributed by atoms with Crippen LogP contribution in [0.2, 0.25) is 0 Å². The van der Waals surface area contributed by atoms with E-state index in [1.54, 1.807) is 0 Å². The monoisotopic (exact) mass is 80.1 g/mol. The van der Waals surface area contributed by atoms with E-state index in [0.717, 1.165) is 0 Å². The SMILES string of the molecule is NNCO.O. The molecule has 0 saturated carbocycles. The fourth-order valence-corrected chi connectivity index (χ4v) is 0. The van der Waals surface area contributed by atoms with E-state index in [4.69, 9.17) is 5.11 Å². The van der Waals surface area contributed by atoms with Crippen LogP contribution in [0.3, 0.4) is 0 Å². The number of nitrogens with one attached hydrogen (secondary N) is 1. The molecule has 0 bridgehead atoms. The standard InChI is InChI=1S/CH6N2O.H2O/c2-3-1-4;/h3-4H,1-2H2;1H2. The van der Waals surface area contributed by atoms with Gasteiger partial charge in [-0.3, -0.25) is 5.84 Å². The second kappa shape index (κ2) is 9.15. The first-order chi connectivity index (χ1) is 1.91. The van der Waals surface area contributed by atoms with Gasteiger partial charge in [-0.15, -0.1) is 0 Å². The maximum absolute atomic E-state index is 7.64. The average molecular weight is 80.1 g/mol. The van der Waals surface area contributed by atoms with Gasteiger partial charge in [-0.2, -0.15) is 0 Å². The van der Waals surface area contributed by atoms with E-state index in [0.29, 0.717) is 0 Å². The van der Waals surface area contributed by atoms with Crippen LogP contribution in [0.4, 0.5) is 0 Å². The van der Waals surface area contributed by atoms with Crippen LogP contribution < -0.4 is 11.3 Å². The molecule has 0 aromatic carbocycles. The van der Waals surface area contributed by atoms with Crippen LogP contribution in [-0.2, 0) is 0 Å². The molecule has 0 aliphatic carbocycles. The molecule has 0 aromatic heterocycles. The van der Waals surface area contributed by atoms with Crippen LogP contribution >= 0.6 is 0 Å². The number of hydrazine groups is 1. The Morgan fingerprint density at radius 2 is 2.00 bits per heavy atom. The largest absolute Gasteiger partial charge is 0.412 e. The molecule has 0 atom stereocenters. The summed E-state index contributed by atoms with van der Waals surface area (Å²) in [6.07, 6.45) is 0. The highest BCUT2D eigenvalue weighted by Gasteiger charge is 1.50. The molecule has 0 aliphatic rings. The van der Waals surface area contributed by atoms with Crippen molar-refractivity contribution in [3.63, 3.8) is 0 Å². The summed E-state index contributed by atoms with van der Waals surface area (Å²) in [5.74, 6) is 4.53. The number of aliphatic hydroxyl groups is 1. The number of aliphatic hydroxyl groups excluding tert-OH is 1. The van der Waals surface area contributed by atoms with Gasteiger partial charge in [-0.1, -0.05) is 0 Å². The topological polar surface area (TPSA) is 89.8 Å². The second-order valence-corrected chi connectivity index (χ2v) is 0.362. The summed E-state index contributed by atoms with van der Waals surface area (Å²) < 4.78 is 0. The summed E-state index contributed by atoms with van der Waals surface area (Å²) in [4.78, 5) is 0. The van der Waals surface area contributed by atoms with Crippen molar-refractivity contribution < 1.29 is 10.6 Å². The van der Waals surface area contributed by atoms with E-state index in [-0.39, 0.29) is 12.2 Å². The Balaban J connectivity index is 0. The molecule has 0 rings (SSSR count). The van der Waals surface area contributed by atoms with Crippen molar-refractivity contribution in [3.8, 4) is 0 Å². The molecule has 4 nitrogen and oxygen atoms in total. The zero-order chi connectivity index (χ0) is 3.41. The van der Waals surface area contributed by atoms with Gasteiger partial charge in [0.15, 0.2) is 0 Å². The van der Waals surface area contributed by atoms with Gasteiger partial charge in [-0.25, -0.2) is 5.43 Å². The first-order valence-electron chi connectivity index (χ1n) is 0.958. The third-order valence-electron chi connectivity index (χ3n) is 0.0913. The minimum absolute atomic E-state index is 0. The Bertz CT molecular complexity index is 9.61. The fraction of sp³-hybridized carbons (Fsp3) is 1.00. The lowest BCUT2D eigenvalue weighted by Gasteiger charge is -1.77. The van der Waals surface area contributed by atoms with Crippen LogP contribution in [0.15, 0.2) is 0 Å². The van der Waals surface area contributed by atoms with Crippen LogP contribution in [0.1, 0.15) is 0 Å². The molecular formula is CH8N2O2. The highest BCUT2D eigenvalue weighted by molar-refractivity contribution is 3.94. The predicted octanol–water partition coefficient (Wildman–Crippen LogP) is -2.43. The Kier molecular flexibility index (Phi) is 16.2. The number of rotatable bonds is 1. The Labute approximate surface area is 29.9 Å². The molecule has 0 saturated heterocycles. The molecule has 0 spiro atoms. The van der Waals surface area contributed by atoms with Crippen molar-refractivity contribution in [2.24, 2.45) is 5.84 Å². The maximum Gasteiger partial charge on any atom is 0.105 e. The van der Waals surface area contributed by atoms with Crippen molar-refractivity contribution >= 4 is 0 Å². The molecule has 5 heavy (non-hydrogen) atoms. The van der Waals surface area contributed by atoms with E-state index in [9.17, 15) is 0 Å². The molecule has 4 heteroatoms. The number of nitrogens with two attached hydrogens (primary N) is 1. The summed E-state index contributed by atoms with van der Waals surface area (Å²) in [6, 6.07) is 0. The van der Waals surface area contributed by atoms with Gasteiger partial charge >= 0.3 is 0 Å². The van der Waals surface area contributed by atoms with Crippen LogP contribution in [0, 0.1) is 0 Å². The van der Waals surface area contributed by atoms with Crippen molar-refractivity contribution in [2.45, 2.75) is 0 Å². The van der Waals surface area contributed by atoms with Crippen LogP contribution in [0.5, 0.6) is 0 Å². The number of hydrogen-bond donors (Lipinski definition) is 3. The highest BCUT2D eigenvalue weighted by Crippen LogP contribution is 1.18. The van der Waals surface area contributed by atoms with E-state index in [1.807, 2.05) is 5.43 Å². The third kappa shape index (κ3) is 18.4. The molecule has 0 aromatic rings. The van der Waals surface area contributed by atoms with Crippen molar-refractivity contribution in [3.05, 3.63) is 0 Å². The first-order valence-corrected chi connectivity index (χ1v) is 0.958. The lowest BCUT2D eigenvalue weighted by Crippen LogP contribution is -2.21. The molecule has 0 unspecified atom stereocenters. The first kappa shape index (κ1) is 8.85. The smallest absolute Gasteiger partial charge is 0.105 e. The van der Waals surface area contributed by atoms with E-state index < -0.39 is 0 Å². The molecule has 0 fully saturated rings. The van der Waals surface area contributed by atoms with Crippen LogP contribution in [0.25, 0.3) is 0 Å². The van der Waals surface area contributed by atoms with Crippen molar-refractivity contribution in [1.29, 1.82) is 0 Å². The second-order valence-electron chi connectivity index (χ2n) is 0.362. The summed E-state index contributed by atoms with van der Waals surface area (Å²) in [6.45, 7) is -0.153. The zero-order valence-electron chi connectivity index (χ0n) is 2.73. The van der Waals surface area contributed by atoms with E-state index in [1.165, 1.54) is 0 Å². The Hall–Kier alpha value is -0.160. The maximum atomic E-state index is 7.64. The molecule has 0 amide bonds. The molecule has 0 radical (unpaired) electrons. The summed E-state index contributed by atoms with van der Waals surface area (Å²) in [7, 11) is 0. The van der Waals surface area contributed by atoms with Gasteiger partial charge < -0.3 is 10.6 Å². The molecule has 0 aliphatic heterocycles. The van der Waals surface area contributed by atoms with E-state index >= 15 is 0 Å². The van der Waals surface area contributed by atoms with Gasteiger partial charge in [0, 0.05) is 0 Å².